The lowest BCUT2D eigenvalue weighted by atomic mass is 9.90. The number of likely N-dealkylation sites (tertiary alicyclic amines) is 1. The minimum Gasteiger partial charge on any atom is -0.334 e. The maximum absolute atomic E-state index is 13.2. The van der Waals surface area contributed by atoms with Crippen LogP contribution in [0.3, 0.4) is 0 Å². The summed E-state index contributed by atoms with van der Waals surface area (Å²) in [4.78, 5) is 25.8. The van der Waals surface area contributed by atoms with Gasteiger partial charge >= 0.3 is 6.03 Å². The summed E-state index contributed by atoms with van der Waals surface area (Å²) < 4.78 is 14.7. The van der Waals surface area contributed by atoms with Crippen LogP contribution in [0.4, 0.5) is 9.18 Å². The van der Waals surface area contributed by atoms with Gasteiger partial charge in [-0.25, -0.2) is 9.18 Å². The second kappa shape index (κ2) is 7.51. The Hall–Kier alpha value is -2.63. The Balaban J connectivity index is 1.52. The number of halogens is 1. The molecule has 2 heterocycles. The van der Waals surface area contributed by atoms with Crippen molar-refractivity contribution in [2.75, 3.05) is 13.1 Å². The number of urea groups is 1. The van der Waals surface area contributed by atoms with Crippen LogP contribution in [0, 0.1) is 5.82 Å². The standard InChI is InChI=1S/C19H22FN3O2/c1-22-8-5-16(12-18(22)24)15-6-9-23(10-7-15)19(25)21-13-14-3-2-4-17(20)11-14/h2-5,8,11-12,15H,6-7,9-10,13H2,1H3,(H,21,25). The summed E-state index contributed by atoms with van der Waals surface area (Å²) in [5, 5.41) is 2.83. The molecule has 1 aromatic heterocycles. The number of aryl methyl sites for hydroxylation is 1. The van der Waals surface area contributed by atoms with E-state index in [1.165, 1.54) is 12.1 Å². The molecule has 6 heteroatoms. The fourth-order valence-electron chi connectivity index (χ4n) is 3.17. The summed E-state index contributed by atoms with van der Waals surface area (Å²) in [6.45, 7) is 1.61. The SMILES string of the molecule is Cn1ccc(C2CCN(C(=O)NCc3cccc(F)c3)CC2)cc1=O. The molecule has 1 aliphatic heterocycles. The third-order valence-corrected chi connectivity index (χ3v) is 4.71. The summed E-state index contributed by atoms with van der Waals surface area (Å²) in [5.74, 6) is 0.00253. The number of hydrogen-bond donors (Lipinski definition) is 1. The first kappa shape index (κ1) is 17.2. The third kappa shape index (κ3) is 4.26. The predicted molar refractivity (Wildman–Crippen MR) is 93.9 cm³/mol. The highest BCUT2D eigenvalue weighted by Gasteiger charge is 2.24. The average molecular weight is 343 g/mol. The van der Waals surface area contributed by atoms with Crippen molar-refractivity contribution in [2.45, 2.75) is 25.3 Å². The van der Waals surface area contributed by atoms with Gasteiger partial charge in [-0.15, -0.1) is 0 Å². The minimum absolute atomic E-state index is 0.00670. The first-order chi connectivity index (χ1) is 12.0. The topological polar surface area (TPSA) is 54.3 Å². The lowest BCUT2D eigenvalue weighted by Gasteiger charge is -2.32. The van der Waals surface area contributed by atoms with Gasteiger partial charge < -0.3 is 14.8 Å². The van der Waals surface area contributed by atoms with Gasteiger partial charge in [-0.2, -0.15) is 0 Å². The molecular weight excluding hydrogens is 321 g/mol. The molecule has 2 aromatic rings. The van der Waals surface area contributed by atoms with E-state index >= 15 is 0 Å². The number of benzene rings is 1. The maximum Gasteiger partial charge on any atom is 0.317 e. The number of piperidine rings is 1. The van der Waals surface area contributed by atoms with Gasteiger partial charge in [0.25, 0.3) is 5.56 Å². The van der Waals surface area contributed by atoms with E-state index < -0.39 is 0 Å². The largest absolute Gasteiger partial charge is 0.334 e. The Morgan fingerprint density at radius 1 is 1.24 bits per heavy atom. The summed E-state index contributed by atoms with van der Waals surface area (Å²) >= 11 is 0. The Bertz CT molecular complexity index is 810. The number of carbonyl (C=O) groups is 1. The molecule has 0 aliphatic carbocycles. The summed E-state index contributed by atoms with van der Waals surface area (Å²) in [6.07, 6.45) is 3.46. The van der Waals surface area contributed by atoms with E-state index in [2.05, 4.69) is 5.32 Å². The number of nitrogens with zero attached hydrogens (tertiary/aromatic N) is 2. The number of amides is 2. The van der Waals surface area contributed by atoms with Crippen LogP contribution in [0.15, 0.2) is 47.4 Å². The number of nitrogens with one attached hydrogen (secondary N) is 1. The molecule has 1 aliphatic rings. The number of hydrogen-bond acceptors (Lipinski definition) is 2. The van der Waals surface area contributed by atoms with Crippen molar-refractivity contribution in [1.29, 1.82) is 0 Å². The van der Waals surface area contributed by atoms with Crippen LogP contribution in [0.5, 0.6) is 0 Å². The first-order valence-corrected chi connectivity index (χ1v) is 8.47. The highest BCUT2D eigenvalue weighted by molar-refractivity contribution is 5.74. The molecule has 0 saturated carbocycles. The molecule has 1 aromatic carbocycles. The second-order valence-corrected chi connectivity index (χ2v) is 6.46. The van der Waals surface area contributed by atoms with Crippen LogP contribution in [-0.4, -0.2) is 28.6 Å². The molecule has 0 unspecified atom stereocenters. The molecule has 2 amide bonds. The molecule has 5 nitrogen and oxygen atoms in total. The van der Waals surface area contributed by atoms with E-state index in [4.69, 9.17) is 0 Å². The highest BCUT2D eigenvalue weighted by Crippen LogP contribution is 2.27. The molecule has 0 radical (unpaired) electrons. The quantitative estimate of drug-likeness (QED) is 0.931. The molecule has 132 valence electrons. The number of carbonyl (C=O) groups excluding carboxylic acids is 1. The van der Waals surface area contributed by atoms with Crippen LogP contribution in [0.1, 0.15) is 29.9 Å². The molecule has 0 bridgehead atoms. The van der Waals surface area contributed by atoms with E-state index in [0.717, 1.165) is 24.0 Å². The van der Waals surface area contributed by atoms with Crippen LogP contribution in [-0.2, 0) is 13.6 Å². The van der Waals surface area contributed by atoms with E-state index in [-0.39, 0.29) is 17.4 Å². The van der Waals surface area contributed by atoms with Crippen LogP contribution in [0.25, 0.3) is 0 Å². The normalized spacial score (nSPS) is 15.2. The molecule has 25 heavy (non-hydrogen) atoms. The molecule has 1 saturated heterocycles. The van der Waals surface area contributed by atoms with E-state index in [1.807, 2.05) is 6.07 Å². The summed E-state index contributed by atoms with van der Waals surface area (Å²) in [6, 6.07) is 9.75. The second-order valence-electron chi connectivity index (χ2n) is 6.46. The Labute approximate surface area is 146 Å². The Kier molecular flexibility index (Phi) is 5.16. The number of rotatable bonds is 3. The maximum atomic E-state index is 13.2. The monoisotopic (exact) mass is 343 g/mol. The average Bonchev–Trinajstić information content (AvgIpc) is 2.62. The van der Waals surface area contributed by atoms with Gasteiger partial charge in [-0.3, -0.25) is 4.79 Å². The van der Waals surface area contributed by atoms with Crippen molar-refractivity contribution in [3.63, 3.8) is 0 Å². The lowest BCUT2D eigenvalue weighted by molar-refractivity contribution is 0.181. The molecule has 1 N–H and O–H groups in total. The van der Waals surface area contributed by atoms with Gasteiger partial charge in [-0.05, 0) is 48.1 Å². The van der Waals surface area contributed by atoms with Crippen molar-refractivity contribution in [3.8, 4) is 0 Å². The van der Waals surface area contributed by atoms with E-state index in [0.29, 0.717) is 25.6 Å². The lowest BCUT2D eigenvalue weighted by Crippen LogP contribution is -2.43. The number of pyridine rings is 1. The predicted octanol–water partition coefficient (Wildman–Crippen LogP) is 2.61. The number of aromatic nitrogens is 1. The molecule has 3 rings (SSSR count). The zero-order chi connectivity index (χ0) is 17.8. The van der Waals surface area contributed by atoms with Gasteiger partial charge in [0, 0.05) is 38.9 Å². The van der Waals surface area contributed by atoms with Crippen molar-refractivity contribution >= 4 is 6.03 Å². The van der Waals surface area contributed by atoms with Crippen molar-refractivity contribution < 1.29 is 9.18 Å². The highest BCUT2D eigenvalue weighted by atomic mass is 19.1. The smallest absolute Gasteiger partial charge is 0.317 e. The molecule has 0 spiro atoms. The first-order valence-electron chi connectivity index (χ1n) is 8.47. The molecular formula is C19H22FN3O2. The minimum atomic E-state index is -0.304. The van der Waals surface area contributed by atoms with Crippen LogP contribution < -0.4 is 10.9 Å². The zero-order valence-corrected chi connectivity index (χ0v) is 14.2. The van der Waals surface area contributed by atoms with Gasteiger partial charge in [0.15, 0.2) is 0 Å². The van der Waals surface area contributed by atoms with Crippen molar-refractivity contribution in [3.05, 3.63) is 69.9 Å². The van der Waals surface area contributed by atoms with E-state index in [1.54, 1.807) is 40.9 Å². The third-order valence-electron chi connectivity index (χ3n) is 4.71. The van der Waals surface area contributed by atoms with Crippen molar-refractivity contribution in [2.24, 2.45) is 7.05 Å². The van der Waals surface area contributed by atoms with Crippen LogP contribution >= 0.6 is 0 Å². The fourth-order valence-corrected chi connectivity index (χ4v) is 3.17. The van der Waals surface area contributed by atoms with Crippen LogP contribution in [0.2, 0.25) is 0 Å². The van der Waals surface area contributed by atoms with Gasteiger partial charge in [0.05, 0.1) is 0 Å². The van der Waals surface area contributed by atoms with Crippen molar-refractivity contribution in [1.82, 2.24) is 14.8 Å². The van der Waals surface area contributed by atoms with Gasteiger partial charge in [0.2, 0.25) is 0 Å². The fraction of sp³-hybridized carbons (Fsp3) is 0.368. The summed E-state index contributed by atoms with van der Waals surface area (Å²) in [5.41, 5.74) is 1.78. The molecule has 0 atom stereocenters. The zero-order valence-electron chi connectivity index (χ0n) is 14.2. The van der Waals surface area contributed by atoms with E-state index in [9.17, 15) is 14.0 Å². The van der Waals surface area contributed by atoms with Gasteiger partial charge in [-0.1, -0.05) is 12.1 Å². The Morgan fingerprint density at radius 2 is 2.00 bits per heavy atom. The Morgan fingerprint density at radius 3 is 2.68 bits per heavy atom. The van der Waals surface area contributed by atoms with Gasteiger partial charge in [0.1, 0.15) is 5.82 Å². The summed E-state index contributed by atoms with van der Waals surface area (Å²) in [7, 11) is 1.73. The molecule has 1 fully saturated rings.